The van der Waals surface area contributed by atoms with Gasteiger partial charge in [0.15, 0.2) is 5.13 Å². The molecular formula is C8H15N3S2. The van der Waals surface area contributed by atoms with Crippen molar-refractivity contribution in [1.29, 1.82) is 0 Å². The smallest absolute Gasteiger partial charge is 0.181 e. The second-order valence-electron chi connectivity index (χ2n) is 3.02. The number of nitrogens with two attached hydrogens (primary N) is 1. The summed E-state index contributed by atoms with van der Waals surface area (Å²) in [6.45, 7) is 1.14. The van der Waals surface area contributed by atoms with E-state index in [1.807, 2.05) is 18.0 Å². The van der Waals surface area contributed by atoms with Gasteiger partial charge in [0.05, 0.1) is 10.4 Å². The Morgan fingerprint density at radius 2 is 2.38 bits per heavy atom. The van der Waals surface area contributed by atoms with Crippen LogP contribution in [0.5, 0.6) is 0 Å². The van der Waals surface area contributed by atoms with E-state index < -0.39 is 0 Å². The average Bonchev–Trinajstić information content (AvgIpc) is 2.45. The SMILES string of the molecule is CN(C)CCCSc1cnc(N)s1. The number of thioether (sulfide) groups is 1. The van der Waals surface area contributed by atoms with Crippen molar-refractivity contribution in [1.82, 2.24) is 9.88 Å². The van der Waals surface area contributed by atoms with Crippen LogP contribution in [0.1, 0.15) is 6.42 Å². The molecule has 13 heavy (non-hydrogen) atoms. The van der Waals surface area contributed by atoms with E-state index in [2.05, 4.69) is 24.0 Å². The molecule has 74 valence electrons. The quantitative estimate of drug-likeness (QED) is 0.603. The lowest BCUT2D eigenvalue weighted by Gasteiger charge is -2.07. The third kappa shape index (κ3) is 4.50. The molecule has 0 fully saturated rings. The zero-order valence-electron chi connectivity index (χ0n) is 7.99. The first kappa shape index (κ1) is 10.8. The van der Waals surface area contributed by atoms with Crippen LogP contribution in [0.4, 0.5) is 5.13 Å². The van der Waals surface area contributed by atoms with E-state index in [1.54, 1.807) is 11.3 Å². The summed E-state index contributed by atoms with van der Waals surface area (Å²) < 4.78 is 1.22. The Hall–Kier alpha value is -0.260. The van der Waals surface area contributed by atoms with Crippen LogP contribution in [0.15, 0.2) is 10.4 Å². The van der Waals surface area contributed by atoms with Gasteiger partial charge in [0.25, 0.3) is 0 Å². The molecule has 0 aromatic carbocycles. The molecule has 5 heteroatoms. The van der Waals surface area contributed by atoms with Crippen molar-refractivity contribution in [2.24, 2.45) is 0 Å². The molecule has 1 heterocycles. The van der Waals surface area contributed by atoms with Gasteiger partial charge >= 0.3 is 0 Å². The lowest BCUT2D eigenvalue weighted by atomic mass is 10.5. The first-order valence-corrected chi connectivity index (χ1v) is 5.97. The maximum Gasteiger partial charge on any atom is 0.181 e. The molecule has 0 aliphatic carbocycles. The molecule has 0 bridgehead atoms. The Balaban J connectivity index is 2.13. The molecule has 0 radical (unpaired) electrons. The van der Waals surface area contributed by atoms with Gasteiger partial charge in [-0.1, -0.05) is 11.3 Å². The maximum absolute atomic E-state index is 5.52. The van der Waals surface area contributed by atoms with Crippen LogP contribution in [0.2, 0.25) is 0 Å². The van der Waals surface area contributed by atoms with Gasteiger partial charge < -0.3 is 10.6 Å². The summed E-state index contributed by atoms with van der Waals surface area (Å²) in [4.78, 5) is 6.19. The highest BCUT2D eigenvalue weighted by atomic mass is 32.2. The highest BCUT2D eigenvalue weighted by Gasteiger charge is 1.98. The molecule has 1 aromatic heterocycles. The third-order valence-electron chi connectivity index (χ3n) is 1.50. The first-order chi connectivity index (χ1) is 6.18. The second kappa shape index (κ2) is 5.47. The lowest BCUT2D eigenvalue weighted by Crippen LogP contribution is -2.13. The molecule has 2 N–H and O–H groups in total. The van der Waals surface area contributed by atoms with Gasteiger partial charge in [-0.3, -0.25) is 0 Å². The molecule has 0 aliphatic heterocycles. The molecule has 0 spiro atoms. The van der Waals surface area contributed by atoms with E-state index >= 15 is 0 Å². The number of thiazole rings is 1. The van der Waals surface area contributed by atoms with Crippen molar-refractivity contribution in [3.8, 4) is 0 Å². The number of hydrogen-bond donors (Lipinski definition) is 1. The Kier molecular flexibility index (Phi) is 4.55. The molecule has 0 unspecified atom stereocenters. The van der Waals surface area contributed by atoms with Gasteiger partial charge in [0, 0.05) is 5.75 Å². The Bertz CT molecular complexity index is 247. The minimum atomic E-state index is 0.662. The van der Waals surface area contributed by atoms with Crippen molar-refractivity contribution >= 4 is 28.2 Å². The number of rotatable bonds is 5. The fraction of sp³-hybridized carbons (Fsp3) is 0.625. The molecule has 1 aromatic rings. The Morgan fingerprint density at radius 3 is 2.92 bits per heavy atom. The highest BCUT2D eigenvalue weighted by Crippen LogP contribution is 2.26. The summed E-state index contributed by atoms with van der Waals surface area (Å²) in [5, 5.41) is 0.662. The van der Waals surface area contributed by atoms with Crippen LogP contribution < -0.4 is 5.73 Å². The molecule has 0 atom stereocenters. The fourth-order valence-corrected chi connectivity index (χ4v) is 2.65. The normalized spacial score (nSPS) is 11.0. The first-order valence-electron chi connectivity index (χ1n) is 4.17. The summed E-state index contributed by atoms with van der Waals surface area (Å²) in [6, 6.07) is 0. The second-order valence-corrected chi connectivity index (χ2v) is 5.48. The lowest BCUT2D eigenvalue weighted by molar-refractivity contribution is 0.410. The van der Waals surface area contributed by atoms with E-state index in [9.17, 15) is 0 Å². The van der Waals surface area contributed by atoms with Crippen molar-refractivity contribution in [3.63, 3.8) is 0 Å². The summed E-state index contributed by atoms with van der Waals surface area (Å²) in [5.74, 6) is 1.14. The standard InChI is InChI=1S/C8H15N3S2/c1-11(2)4-3-5-12-7-6-10-8(9)13-7/h6H,3-5H2,1-2H3,(H2,9,10). The maximum atomic E-state index is 5.52. The molecule has 3 nitrogen and oxygen atoms in total. The predicted octanol–water partition coefficient (Wildman–Crippen LogP) is 1.77. The molecule has 1 rings (SSSR count). The summed E-state index contributed by atoms with van der Waals surface area (Å²) >= 11 is 3.40. The number of nitrogen functional groups attached to an aromatic ring is 1. The number of anilines is 1. The van der Waals surface area contributed by atoms with Crippen molar-refractivity contribution in [3.05, 3.63) is 6.20 Å². The van der Waals surface area contributed by atoms with Gasteiger partial charge in [0.2, 0.25) is 0 Å². The van der Waals surface area contributed by atoms with E-state index in [0.717, 1.165) is 12.3 Å². The van der Waals surface area contributed by atoms with Crippen LogP contribution in [0.3, 0.4) is 0 Å². The number of nitrogens with zero attached hydrogens (tertiary/aromatic N) is 2. The van der Waals surface area contributed by atoms with E-state index in [0.29, 0.717) is 5.13 Å². The monoisotopic (exact) mass is 217 g/mol. The van der Waals surface area contributed by atoms with E-state index in [4.69, 9.17) is 5.73 Å². The summed E-state index contributed by atoms with van der Waals surface area (Å²) in [5.41, 5.74) is 5.52. The highest BCUT2D eigenvalue weighted by molar-refractivity contribution is 8.01. The van der Waals surface area contributed by atoms with Gasteiger partial charge in [-0.05, 0) is 27.1 Å². The van der Waals surface area contributed by atoms with Gasteiger partial charge in [-0.15, -0.1) is 11.8 Å². The van der Waals surface area contributed by atoms with Gasteiger partial charge in [-0.25, -0.2) is 4.98 Å². The minimum Gasteiger partial charge on any atom is -0.375 e. The third-order valence-corrected chi connectivity index (χ3v) is 3.60. The van der Waals surface area contributed by atoms with Crippen LogP contribution in [0.25, 0.3) is 0 Å². The molecule has 0 aliphatic rings. The molecule has 0 saturated carbocycles. The van der Waals surface area contributed by atoms with E-state index in [1.165, 1.54) is 10.6 Å². The zero-order valence-corrected chi connectivity index (χ0v) is 9.62. The zero-order chi connectivity index (χ0) is 9.68. The molecule has 0 saturated heterocycles. The fourth-order valence-electron chi connectivity index (χ4n) is 0.892. The van der Waals surface area contributed by atoms with Crippen molar-refractivity contribution < 1.29 is 0 Å². The Morgan fingerprint density at radius 1 is 1.62 bits per heavy atom. The number of hydrogen-bond acceptors (Lipinski definition) is 5. The summed E-state index contributed by atoms with van der Waals surface area (Å²) in [7, 11) is 4.19. The van der Waals surface area contributed by atoms with Crippen LogP contribution in [-0.4, -0.2) is 36.3 Å². The Labute approximate surface area is 87.3 Å². The largest absolute Gasteiger partial charge is 0.375 e. The van der Waals surface area contributed by atoms with E-state index in [-0.39, 0.29) is 0 Å². The summed E-state index contributed by atoms with van der Waals surface area (Å²) in [6.07, 6.45) is 3.05. The van der Waals surface area contributed by atoms with Crippen LogP contribution in [0, 0.1) is 0 Å². The van der Waals surface area contributed by atoms with Gasteiger partial charge in [0.1, 0.15) is 0 Å². The molecular weight excluding hydrogens is 202 g/mol. The van der Waals surface area contributed by atoms with Gasteiger partial charge in [-0.2, -0.15) is 0 Å². The predicted molar refractivity (Wildman–Crippen MR) is 60.4 cm³/mol. The average molecular weight is 217 g/mol. The van der Waals surface area contributed by atoms with Crippen molar-refractivity contribution in [2.45, 2.75) is 10.6 Å². The minimum absolute atomic E-state index is 0.662. The number of aromatic nitrogens is 1. The topological polar surface area (TPSA) is 42.2 Å². The van der Waals surface area contributed by atoms with Crippen molar-refractivity contribution in [2.75, 3.05) is 32.1 Å². The van der Waals surface area contributed by atoms with Crippen LogP contribution >= 0.6 is 23.1 Å². The molecule has 0 amide bonds. The van der Waals surface area contributed by atoms with Crippen LogP contribution in [-0.2, 0) is 0 Å².